The largest absolute Gasteiger partial charge is 0.481 e. The predicted octanol–water partition coefficient (Wildman–Crippen LogP) is 1.71. The highest BCUT2D eigenvalue weighted by Gasteiger charge is 2.67. The van der Waals surface area contributed by atoms with Gasteiger partial charge in [0.2, 0.25) is 0 Å². The average molecular weight is 266 g/mol. The third-order valence-corrected chi connectivity index (χ3v) is 6.08. The molecule has 3 aliphatic carbocycles. The van der Waals surface area contributed by atoms with Gasteiger partial charge >= 0.3 is 5.97 Å². The molecule has 0 aromatic carbocycles. The van der Waals surface area contributed by atoms with Gasteiger partial charge in [0.05, 0.1) is 11.5 Å². The molecule has 4 heteroatoms. The smallest absolute Gasteiger partial charge is 0.309 e. The fourth-order valence-electron chi connectivity index (χ4n) is 4.83. The van der Waals surface area contributed by atoms with Crippen LogP contribution >= 0.6 is 0 Å². The summed E-state index contributed by atoms with van der Waals surface area (Å²) in [7, 11) is 0. The first-order valence-corrected chi connectivity index (χ1v) is 6.98. The molecule has 0 radical (unpaired) electrons. The molecule has 0 spiro atoms. The minimum absolute atomic E-state index is 0.249. The molecule has 3 rings (SSSR count). The molecule has 2 saturated carbocycles. The molecule has 3 aliphatic rings. The number of fused-ring (bicyclic) bond motifs is 2. The van der Waals surface area contributed by atoms with Crippen molar-refractivity contribution in [3.8, 4) is 0 Å². The second-order valence-electron chi connectivity index (χ2n) is 7.34. The van der Waals surface area contributed by atoms with Gasteiger partial charge in [0.25, 0.3) is 0 Å². The van der Waals surface area contributed by atoms with Crippen LogP contribution in [0.1, 0.15) is 46.5 Å². The number of allylic oxidation sites excluding steroid dienone is 1. The van der Waals surface area contributed by atoms with Gasteiger partial charge in [-0.25, -0.2) is 0 Å². The van der Waals surface area contributed by atoms with E-state index in [1.807, 2.05) is 13.8 Å². The van der Waals surface area contributed by atoms with E-state index in [4.69, 9.17) is 0 Å². The summed E-state index contributed by atoms with van der Waals surface area (Å²) in [6.07, 6.45) is 1.84. The van der Waals surface area contributed by atoms with Crippen LogP contribution < -0.4 is 0 Å². The Kier molecular flexibility index (Phi) is 2.36. The lowest BCUT2D eigenvalue weighted by molar-refractivity contribution is -0.229. The van der Waals surface area contributed by atoms with Gasteiger partial charge in [-0.3, -0.25) is 4.79 Å². The Morgan fingerprint density at radius 3 is 2.42 bits per heavy atom. The minimum atomic E-state index is -1.14. The molecule has 0 saturated heterocycles. The van der Waals surface area contributed by atoms with E-state index < -0.39 is 23.1 Å². The SMILES string of the molecule is CC1=C2C[C@@](C)(C(=O)O)C[C@H]2C[C@]2(C)C[C@H](O)[C@]12O. The second-order valence-corrected chi connectivity index (χ2v) is 7.34. The van der Waals surface area contributed by atoms with Crippen LogP contribution in [0.5, 0.6) is 0 Å². The molecule has 0 bridgehead atoms. The number of carbonyl (C=O) groups is 1. The summed E-state index contributed by atoms with van der Waals surface area (Å²) < 4.78 is 0. The maximum Gasteiger partial charge on any atom is 0.309 e. The summed E-state index contributed by atoms with van der Waals surface area (Å²) in [5.41, 5.74) is -0.252. The van der Waals surface area contributed by atoms with Gasteiger partial charge in [0, 0.05) is 5.41 Å². The van der Waals surface area contributed by atoms with Crippen molar-refractivity contribution in [3.63, 3.8) is 0 Å². The Hall–Kier alpha value is -0.870. The summed E-state index contributed by atoms with van der Waals surface area (Å²) in [6, 6.07) is 0. The number of carboxylic acid groups (broad SMARTS) is 1. The number of carboxylic acids is 1. The Balaban J connectivity index is 2.05. The van der Waals surface area contributed by atoms with Crippen LogP contribution in [0.3, 0.4) is 0 Å². The van der Waals surface area contributed by atoms with Crippen LogP contribution in [0.25, 0.3) is 0 Å². The van der Waals surface area contributed by atoms with E-state index in [1.165, 1.54) is 0 Å². The summed E-state index contributed by atoms with van der Waals surface area (Å²) in [5.74, 6) is -0.508. The van der Waals surface area contributed by atoms with Gasteiger partial charge in [0.1, 0.15) is 5.60 Å². The standard InChI is InChI=1S/C15H22O4/c1-8-10-6-13(2,12(17)18)4-9(10)5-14(3)7-11(16)15(8,14)19/h9,11,16,19H,4-7H2,1-3H3,(H,17,18)/t9-,11-,13-,14+,15+/m0/s1. The number of hydrogen-bond donors (Lipinski definition) is 3. The molecule has 0 aromatic rings. The molecule has 2 fully saturated rings. The van der Waals surface area contributed by atoms with Crippen LogP contribution in [-0.2, 0) is 4.79 Å². The average Bonchev–Trinajstić information content (AvgIpc) is 2.64. The number of rotatable bonds is 1. The molecule has 0 aliphatic heterocycles. The molecule has 106 valence electrons. The van der Waals surface area contributed by atoms with E-state index >= 15 is 0 Å². The van der Waals surface area contributed by atoms with Crippen LogP contribution in [0.4, 0.5) is 0 Å². The fraction of sp³-hybridized carbons (Fsp3) is 0.800. The molecule has 5 atom stereocenters. The zero-order valence-corrected chi connectivity index (χ0v) is 11.7. The molecule has 0 heterocycles. The van der Waals surface area contributed by atoms with Crippen LogP contribution in [0.15, 0.2) is 11.1 Å². The summed E-state index contributed by atoms with van der Waals surface area (Å²) >= 11 is 0. The summed E-state index contributed by atoms with van der Waals surface area (Å²) in [6.45, 7) is 5.67. The van der Waals surface area contributed by atoms with Gasteiger partial charge in [-0.1, -0.05) is 12.5 Å². The van der Waals surface area contributed by atoms with Gasteiger partial charge in [-0.05, 0) is 51.0 Å². The van der Waals surface area contributed by atoms with Crippen molar-refractivity contribution >= 4 is 5.97 Å². The first-order chi connectivity index (χ1) is 8.64. The lowest BCUT2D eigenvalue weighted by Crippen LogP contribution is -2.69. The lowest BCUT2D eigenvalue weighted by atomic mass is 9.47. The third-order valence-electron chi connectivity index (χ3n) is 6.08. The minimum Gasteiger partial charge on any atom is -0.481 e. The number of aliphatic hydroxyl groups is 2. The van der Waals surface area contributed by atoms with Crippen molar-refractivity contribution in [1.29, 1.82) is 0 Å². The summed E-state index contributed by atoms with van der Waals surface area (Å²) in [4.78, 5) is 11.4. The molecular formula is C15H22O4. The van der Waals surface area contributed by atoms with Gasteiger partial charge < -0.3 is 15.3 Å². The molecule has 0 aromatic heterocycles. The predicted molar refractivity (Wildman–Crippen MR) is 69.5 cm³/mol. The van der Waals surface area contributed by atoms with Crippen LogP contribution in [0, 0.1) is 16.7 Å². The Labute approximate surface area is 113 Å². The van der Waals surface area contributed by atoms with Crippen molar-refractivity contribution < 1.29 is 20.1 Å². The number of aliphatic carboxylic acids is 1. The molecule has 0 amide bonds. The molecule has 0 unspecified atom stereocenters. The zero-order valence-electron chi connectivity index (χ0n) is 11.7. The van der Waals surface area contributed by atoms with Crippen molar-refractivity contribution in [2.45, 2.75) is 58.2 Å². The fourth-order valence-corrected chi connectivity index (χ4v) is 4.83. The van der Waals surface area contributed by atoms with E-state index in [2.05, 4.69) is 0 Å². The van der Waals surface area contributed by atoms with Crippen LogP contribution in [-0.4, -0.2) is 33.0 Å². The van der Waals surface area contributed by atoms with Gasteiger partial charge in [0.15, 0.2) is 0 Å². The van der Waals surface area contributed by atoms with E-state index in [1.54, 1.807) is 6.92 Å². The maximum absolute atomic E-state index is 11.4. The molecule has 19 heavy (non-hydrogen) atoms. The lowest BCUT2D eigenvalue weighted by Gasteiger charge is -2.62. The van der Waals surface area contributed by atoms with Crippen molar-refractivity contribution in [3.05, 3.63) is 11.1 Å². The van der Waals surface area contributed by atoms with Crippen molar-refractivity contribution in [2.24, 2.45) is 16.7 Å². The van der Waals surface area contributed by atoms with Crippen LogP contribution in [0.2, 0.25) is 0 Å². The number of hydrogen-bond acceptors (Lipinski definition) is 3. The van der Waals surface area contributed by atoms with E-state index in [9.17, 15) is 20.1 Å². The highest BCUT2D eigenvalue weighted by Crippen LogP contribution is 2.65. The monoisotopic (exact) mass is 266 g/mol. The van der Waals surface area contributed by atoms with Gasteiger partial charge in [-0.15, -0.1) is 0 Å². The maximum atomic E-state index is 11.4. The normalized spacial score (nSPS) is 52.5. The molecular weight excluding hydrogens is 244 g/mol. The Morgan fingerprint density at radius 2 is 1.89 bits per heavy atom. The second kappa shape index (κ2) is 3.41. The quantitative estimate of drug-likeness (QED) is 0.631. The van der Waals surface area contributed by atoms with E-state index in [0.717, 1.165) is 17.6 Å². The van der Waals surface area contributed by atoms with E-state index in [-0.39, 0.29) is 11.3 Å². The first-order valence-electron chi connectivity index (χ1n) is 6.98. The molecule has 4 nitrogen and oxygen atoms in total. The molecule has 3 N–H and O–H groups in total. The van der Waals surface area contributed by atoms with Gasteiger partial charge in [-0.2, -0.15) is 0 Å². The highest BCUT2D eigenvalue weighted by molar-refractivity contribution is 5.75. The topological polar surface area (TPSA) is 77.8 Å². The van der Waals surface area contributed by atoms with Crippen molar-refractivity contribution in [1.82, 2.24) is 0 Å². The summed E-state index contributed by atoms with van der Waals surface area (Å²) in [5, 5.41) is 30.2. The zero-order chi connectivity index (χ0) is 14.2. The van der Waals surface area contributed by atoms with E-state index in [0.29, 0.717) is 19.3 Å². The Bertz CT molecular complexity index is 496. The first kappa shape index (κ1) is 13.1. The van der Waals surface area contributed by atoms with Crippen molar-refractivity contribution in [2.75, 3.05) is 0 Å². The third kappa shape index (κ3) is 1.34. The Morgan fingerprint density at radius 1 is 1.26 bits per heavy atom. The highest BCUT2D eigenvalue weighted by atomic mass is 16.4. The number of aliphatic hydroxyl groups excluding tert-OH is 1.